The summed E-state index contributed by atoms with van der Waals surface area (Å²) in [6, 6.07) is 0. The van der Waals surface area contributed by atoms with Gasteiger partial charge in [-0.2, -0.15) is 5.06 Å². The number of hydrogen-bond acceptors (Lipinski definition) is 3. The van der Waals surface area contributed by atoms with Gasteiger partial charge in [-0.3, -0.25) is 4.79 Å². The summed E-state index contributed by atoms with van der Waals surface area (Å²) < 4.78 is 0. The van der Waals surface area contributed by atoms with Gasteiger partial charge in [0.1, 0.15) is 5.76 Å². The summed E-state index contributed by atoms with van der Waals surface area (Å²) in [5, 5.41) is 1.26. The van der Waals surface area contributed by atoms with Gasteiger partial charge in [0.25, 0.3) is 0 Å². The molecule has 0 N–H and O–H groups in total. The van der Waals surface area contributed by atoms with Crippen LogP contribution in [-0.2, 0) is 14.7 Å². The van der Waals surface area contributed by atoms with Crippen LogP contribution in [0.5, 0.6) is 0 Å². The SMILES string of the molecule is CC=C(CC)OON1CCCC1=O. The highest BCUT2D eigenvalue weighted by Crippen LogP contribution is 2.12. The predicted octanol–water partition coefficient (Wildman–Crippen LogP) is 1.79. The molecule has 4 nitrogen and oxygen atoms in total. The zero-order chi connectivity index (χ0) is 9.68. The second-order valence-electron chi connectivity index (χ2n) is 2.87. The molecule has 0 spiro atoms. The molecule has 0 saturated carbocycles. The molecule has 1 amide bonds. The average molecular weight is 185 g/mol. The Hall–Kier alpha value is -1.03. The van der Waals surface area contributed by atoms with E-state index in [0.29, 0.717) is 13.0 Å². The Morgan fingerprint density at radius 1 is 1.69 bits per heavy atom. The summed E-state index contributed by atoms with van der Waals surface area (Å²) in [5.41, 5.74) is 0. The second-order valence-corrected chi connectivity index (χ2v) is 2.87. The number of rotatable bonds is 4. The first-order valence-electron chi connectivity index (χ1n) is 4.58. The van der Waals surface area contributed by atoms with E-state index in [2.05, 4.69) is 0 Å². The lowest BCUT2D eigenvalue weighted by Gasteiger charge is -2.13. The quantitative estimate of drug-likeness (QED) is 0.381. The van der Waals surface area contributed by atoms with Crippen LogP contribution in [0.25, 0.3) is 0 Å². The first-order chi connectivity index (χ1) is 6.27. The van der Waals surface area contributed by atoms with Gasteiger partial charge in [0.2, 0.25) is 5.91 Å². The van der Waals surface area contributed by atoms with Crippen molar-refractivity contribution < 1.29 is 14.7 Å². The van der Waals surface area contributed by atoms with Crippen LogP contribution in [0.15, 0.2) is 11.8 Å². The largest absolute Gasteiger partial charge is 0.319 e. The van der Waals surface area contributed by atoms with Crippen LogP contribution in [0.4, 0.5) is 0 Å². The maximum atomic E-state index is 11.1. The molecule has 74 valence electrons. The van der Waals surface area contributed by atoms with Gasteiger partial charge in [0.15, 0.2) is 0 Å². The Morgan fingerprint density at radius 3 is 2.92 bits per heavy atom. The maximum Gasteiger partial charge on any atom is 0.249 e. The fourth-order valence-electron chi connectivity index (χ4n) is 1.11. The molecule has 1 saturated heterocycles. The summed E-state index contributed by atoms with van der Waals surface area (Å²) in [4.78, 5) is 20.9. The number of hydrogen-bond donors (Lipinski definition) is 0. The molecule has 1 heterocycles. The molecular formula is C9H15NO3. The van der Waals surface area contributed by atoms with Gasteiger partial charge < -0.3 is 4.89 Å². The first-order valence-corrected chi connectivity index (χ1v) is 4.58. The van der Waals surface area contributed by atoms with E-state index in [9.17, 15) is 4.79 Å². The monoisotopic (exact) mass is 185 g/mol. The molecule has 1 rings (SSSR count). The van der Waals surface area contributed by atoms with Crippen molar-refractivity contribution in [2.45, 2.75) is 33.1 Å². The molecule has 1 aliphatic rings. The first kappa shape index (κ1) is 10.1. The summed E-state index contributed by atoms with van der Waals surface area (Å²) in [7, 11) is 0. The molecule has 0 bridgehead atoms. The third-order valence-electron chi connectivity index (χ3n) is 1.93. The van der Waals surface area contributed by atoms with E-state index < -0.39 is 0 Å². The third-order valence-corrected chi connectivity index (χ3v) is 1.93. The normalized spacial score (nSPS) is 18.2. The van der Waals surface area contributed by atoms with Gasteiger partial charge >= 0.3 is 0 Å². The summed E-state index contributed by atoms with van der Waals surface area (Å²) >= 11 is 0. The standard InChI is InChI=1S/C9H15NO3/c1-3-8(4-2)12-13-10-7-5-6-9(10)11/h3H,4-7H2,1-2H3. The lowest BCUT2D eigenvalue weighted by atomic mass is 10.4. The van der Waals surface area contributed by atoms with Crippen molar-refractivity contribution in [1.82, 2.24) is 5.06 Å². The Balaban J connectivity index is 2.29. The molecule has 1 aliphatic heterocycles. The molecule has 1 fully saturated rings. The molecule has 0 unspecified atom stereocenters. The highest BCUT2D eigenvalue weighted by Gasteiger charge is 2.22. The fourth-order valence-corrected chi connectivity index (χ4v) is 1.11. The number of carbonyl (C=O) groups excluding carboxylic acids is 1. The van der Waals surface area contributed by atoms with Gasteiger partial charge in [0, 0.05) is 12.8 Å². The molecule has 0 radical (unpaired) electrons. The van der Waals surface area contributed by atoms with Crippen LogP contribution in [0.3, 0.4) is 0 Å². The average Bonchev–Trinajstić information content (AvgIpc) is 2.54. The van der Waals surface area contributed by atoms with Crippen LogP contribution in [-0.4, -0.2) is 17.5 Å². The molecule has 0 aliphatic carbocycles. The van der Waals surface area contributed by atoms with Crippen molar-refractivity contribution in [3.8, 4) is 0 Å². The van der Waals surface area contributed by atoms with E-state index in [1.165, 1.54) is 5.06 Å². The van der Waals surface area contributed by atoms with Crippen LogP contribution in [0.2, 0.25) is 0 Å². The van der Waals surface area contributed by atoms with Crippen molar-refractivity contribution in [3.63, 3.8) is 0 Å². The predicted molar refractivity (Wildman–Crippen MR) is 47.2 cm³/mol. The topological polar surface area (TPSA) is 38.8 Å². The molecule has 0 aromatic carbocycles. The molecule has 13 heavy (non-hydrogen) atoms. The van der Waals surface area contributed by atoms with E-state index >= 15 is 0 Å². The molecule has 4 heteroatoms. The van der Waals surface area contributed by atoms with Crippen LogP contribution < -0.4 is 0 Å². The lowest BCUT2D eigenvalue weighted by Crippen LogP contribution is -2.24. The highest BCUT2D eigenvalue weighted by atomic mass is 17.3. The van der Waals surface area contributed by atoms with Crippen LogP contribution in [0, 0.1) is 0 Å². The van der Waals surface area contributed by atoms with E-state index in [-0.39, 0.29) is 5.91 Å². The van der Waals surface area contributed by atoms with Gasteiger partial charge in [0.05, 0.1) is 6.54 Å². The number of carbonyl (C=O) groups is 1. The maximum absolute atomic E-state index is 11.1. The Morgan fingerprint density at radius 2 is 2.46 bits per heavy atom. The zero-order valence-electron chi connectivity index (χ0n) is 8.08. The molecule has 0 aromatic heterocycles. The molecule has 0 atom stereocenters. The Labute approximate surface area is 78.0 Å². The van der Waals surface area contributed by atoms with E-state index in [1.54, 1.807) is 0 Å². The number of allylic oxidation sites excluding steroid dienone is 2. The van der Waals surface area contributed by atoms with Gasteiger partial charge in [-0.15, -0.1) is 0 Å². The second kappa shape index (κ2) is 4.87. The summed E-state index contributed by atoms with van der Waals surface area (Å²) in [5.74, 6) is 0.728. The van der Waals surface area contributed by atoms with Crippen LogP contribution >= 0.6 is 0 Å². The van der Waals surface area contributed by atoms with E-state index in [0.717, 1.165) is 18.6 Å². The summed E-state index contributed by atoms with van der Waals surface area (Å²) in [6.45, 7) is 4.46. The minimum absolute atomic E-state index is 0.00782. The Bertz CT molecular complexity index is 213. The third kappa shape index (κ3) is 2.73. The minimum atomic E-state index is -0.00782. The Kier molecular flexibility index (Phi) is 3.76. The number of hydroxylamine groups is 2. The van der Waals surface area contributed by atoms with Crippen molar-refractivity contribution in [3.05, 3.63) is 11.8 Å². The smallest absolute Gasteiger partial charge is 0.249 e. The minimum Gasteiger partial charge on any atom is -0.319 e. The zero-order valence-corrected chi connectivity index (χ0v) is 8.08. The molecule has 0 aromatic rings. The van der Waals surface area contributed by atoms with Gasteiger partial charge in [-0.25, -0.2) is 0 Å². The van der Waals surface area contributed by atoms with Crippen molar-refractivity contribution >= 4 is 5.91 Å². The van der Waals surface area contributed by atoms with Gasteiger partial charge in [-0.1, -0.05) is 11.9 Å². The van der Waals surface area contributed by atoms with Crippen molar-refractivity contribution in [1.29, 1.82) is 0 Å². The highest BCUT2D eigenvalue weighted by molar-refractivity contribution is 5.76. The van der Waals surface area contributed by atoms with E-state index in [1.807, 2.05) is 19.9 Å². The van der Waals surface area contributed by atoms with Gasteiger partial charge in [-0.05, 0) is 19.4 Å². The molecular weight excluding hydrogens is 170 g/mol. The van der Waals surface area contributed by atoms with E-state index in [4.69, 9.17) is 9.88 Å². The van der Waals surface area contributed by atoms with Crippen molar-refractivity contribution in [2.75, 3.05) is 6.54 Å². The number of amides is 1. The van der Waals surface area contributed by atoms with Crippen molar-refractivity contribution in [2.24, 2.45) is 0 Å². The summed E-state index contributed by atoms with van der Waals surface area (Å²) in [6.07, 6.45) is 3.99. The fraction of sp³-hybridized carbons (Fsp3) is 0.667. The number of nitrogens with zero attached hydrogens (tertiary/aromatic N) is 1. The lowest BCUT2D eigenvalue weighted by molar-refractivity contribution is -0.385. The van der Waals surface area contributed by atoms with Crippen LogP contribution in [0.1, 0.15) is 33.1 Å².